The molecule has 0 fully saturated rings. The molecule has 0 radical (unpaired) electrons. The minimum Gasteiger partial charge on any atom is -0.0781 e. The maximum absolute atomic E-state index is 3.34. The quantitative estimate of drug-likeness (QED) is 0.421. The molecule has 0 aromatic heterocycles. The van der Waals surface area contributed by atoms with E-state index >= 15 is 0 Å². The van der Waals surface area contributed by atoms with Gasteiger partial charge in [0.05, 0.1) is 0 Å². The highest BCUT2D eigenvalue weighted by molar-refractivity contribution is 5.05. The molecule has 12 heavy (non-hydrogen) atoms. The summed E-state index contributed by atoms with van der Waals surface area (Å²) < 4.78 is 0. The van der Waals surface area contributed by atoms with Gasteiger partial charge in [0.15, 0.2) is 0 Å². The molecule has 0 amide bonds. The van der Waals surface area contributed by atoms with E-state index in [0.29, 0.717) is 0 Å². The van der Waals surface area contributed by atoms with E-state index in [9.17, 15) is 0 Å². The van der Waals surface area contributed by atoms with Crippen LogP contribution in [0.2, 0.25) is 0 Å². The molecular weight excluding hydrogens is 144 g/mol. The summed E-state index contributed by atoms with van der Waals surface area (Å²) in [6.45, 7) is 6.69. The zero-order chi connectivity index (χ0) is 9.07. The fourth-order valence-electron chi connectivity index (χ4n) is 0.381. The van der Waals surface area contributed by atoms with Crippen molar-refractivity contribution in [2.75, 3.05) is 0 Å². The van der Waals surface area contributed by atoms with E-state index in [1.54, 1.807) is 24.3 Å². The van der Waals surface area contributed by atoms with Crippen molar-refractivity contribution < 1.29 is 0 Å². The van der Waals surface area contributed by atoms with Gasteiger partial charge in [0.2, 0.25) is 0 Å². The topological polar surface area (TPSA) is 0 Å². The van der Waals surface area contributed by atoms with E-state index in [4.69, 9.17) is 0 Å². The average molecular weight is 152 g/mol. The third-order valence-electron chi connectivity index (χ3n) is 0.787. The molecule has 0 aromatic rings. The zero-order valence-electron chi connectivity index (χ0n) is 6.72. The number of hydrogen-bond acceptors (Lipinski definition) is 0. The van der Waals surface area contributed by atoms with E-state index in [-0.39, 0.29) is 0 Å². The van der Waals surface area contributed by atoms with Crippen LogP contribution in [-0.4, -0.2) is 0 Å². The summed E-state index contributed by atoms with van der Waals surface area (Å²) in [5.41, 5.74) is 15.7. The van der Waals surface area contributed by atoms with Gasteiger partial charge in [-0.1, -0.05) is 34.4 Å². The Labute approximate surface area is 72.5 Å². The van der Waals surface area contributed by atoms with Crippen LogP contribution in [0, 0.1) is 0 Å². The summed E-state index contributed by atoms with van der Waals surface area (Å²) in [5, 5.41) is 0. The van der Waals surface area contributed by atoms with Gasteiger partial charge in [0, 0.05) is 0 Å². The Kier molecular flexibility index (Phi) is 7.34. The van der Waals surface area contributed by atoms with Gasteiger partial charge in [-0.05, 0) is 37.5 Å². The Balaban J connectivity index is 4.43. The van der Waals surface area contributed by atoms with Gasteiger partial charge in [0.1, 0.15) is 0 Å². The molecule has 0 unspecified atom stereocenters. The molecule has 0 atom stereocenters. The third kappa shape index (κ3) is 7.90. The lowest BCUT2D eigenvalue weighted by Crippen LogP contribution is -1.37. The fraction of sp³-hybridized carbons (Fsp3) is 0. The van der Waals surface area contributed by atoms with E-state index in [1.165, 1.54) is 0 Å². The number of hydrogen-bond donors (Lipinski definition) is 0. The predicted octanol–water partition coefficient (Wildman–Crippen LogP) is 2.85. The minimum atomic E-state index is 1.64. The maximum atomic E-state index is 3.34. The summed E-state index contributed by atoms with van der Waals surface area (Å²) in [5.74, 6) is 0. The van der Waals surface area contributed by atoms with Gasteiger partial charge in [0.25, 0.3) is 0 Å². The van der Waals surface area contributed by atoms with Crippen molar-refractivity contribution in [2.24, 2.45) is 0 Å². The normalized spacial score (nSPS) is 5.00. The predicted molar refractivity (Wildman–Crippen MR) is 50.6 cm³/mol. The SMILES string of the molecule is C=C=C=CC=C=C=CC=C=C=C. The Morgan fingerprint density at radius 2 is 0.917 bits per heavy atom. The smallest absolute Gasteiger partial charge is 0.00316 e. The van der Waals surface area contributed by atoms with Crippen LogP contribution in [0.15, 0.2) is 71.8 Å². The monoisotopic (exact) mass is 152 g/mol. The van der Waals surface area contributed by atoms with Crippen molar-refractivity contribution >= 4 is 0 Å². The van der Waals surface area contributed by atoms with Crippen molar-refractivity contribution in [1.82, 2.24) is 0 Å². The molecule has 0 heterocycles. The highest BCUT2D eigenvalue weighted by Crippen LogP contribution is 1.69. The van der Waals surface area contributed by atoms with Crippen molar-refractivity contribution in [3.63, 3.8) is 0 Å². The first kappa shape index (κ1) is 9.90. The first-order valence-electron chi connectivity index (χ1n) is 3.28. The zero-order valence-corrected chi connectivity index (χ0v) is 6.72. The molecule has 0 aliphatic heterocycles. The second-order valence-corrected chi connectivity index (χ2v) is 1.60. The first-order valence-corrected chi connectivity index (χ1v) is 3.28. The second-order valence-electron chi connectivity index (χ2n) is 1.60. The third-order valence-corrected chi connectivity index (χ3v) is 0.787. The lowest BCUT2D eigenvalue weighted by atomic mass is 10.5. The van der Waals surface area contributed by atoms with E-state index in [1.807, 2.05) is 0 Å². The molecule has 0 aromatic carbocycles. The van der Waals surface area contributed by atoms with Crippen molar-refractivity contribution in [2.45, 2.75) is 0 Å². The molecule has 0 heteroatoms. The van der Waals surface area contributed by atoms with Gasteiger partial charge in [-0.15, -0.1) is 0 Å². The lowest BCUT2D eigenvalue weighted by Gasteiger charge is -1.56. The van der Waals surface area contributed by atoms with Crippen LogP contribution in [0.1, 0.15) is 0 Å². The minimum absolute atomic E-state index is 1.64. The van der Waals surface area contributed by atoms with Crippen LogP contribution in [0.4, 0.5) is 0 Å². The van der Waals surface area contributed by atoms with Gasteiger partial charge < -0.3 is 0 Å². The van der Waals surface area contributed by atoms with Gasteiger partial charge in [-0.2, -0.15) is 0 Å². The molecule has 0 aliphatic rings. The van der Waals surface area contributed by atoms with Crippen LogP contribution < -0.4 is 0 Å². The molecule has 0 nitrogen and oxygen atoms in total. The number of rotatable bonds is 2. The molecule has 0 N–H and O–H groups in total. The highest BCUT2D eigenvalue weighted by atomic mass is 13.5. The second kappa shape index (κ2) is 8.90. The van der Waals surface area contributed by atoms with Crippen LogP contribution in [0.5, 0.6) is 0 Å². The molecule has 0 saturated heterocycles. The molecule has 0 spiro atoms. The lowest BCUT2D eigenvalue weighted by molar-refractivity contribution is 1.98. The largest absolute Gasteiger partial charge is 0.0781 e. The Bertz CT molecular complexity index is 343. The summed E-state index contributed by atoms with van der Waals surface area (Å²) in [6, 6.07) is 0. The summed E-state index contributed by atoms with van der Waals surface area (Å²) in [7, 11) is 0. The van der Waals surface area contributed by atoms with Crippen molar-refractivity contribution in [3.8, 4) is 0 Å². The van der Waals surface area contributed by atoms with Gasteiger partial charge in [-0.25, -0.2) is 0 Å². The Morgan fingerprint density at radius 3 is 1.25 bits per heavy atom. The van der Waals surface area contributed by atoms with Crippen LogP contribution in [0.25, 0.3) is 0 Å². The van der Waals surface area contributed by atoms with Crippen molar-refractivity contribution in [1.29, 1.82) is 0 Å². The van der Waals surface area contributed by atoms with Crippen LogP contribution in [0.3, 0.4) is 0 Å². The van der Waals surface area contributed by atoms with Crippen LogP contribution >= 0.6 is 0 Å². The maximum Gasteiger partial charge on any atom is -0.00316 e. The van der Waals surface area contributed by atoms with E-state index in [2.05, 4.69) is 47.5 Å². The van der Waals surface area contributed by atoms with Gasteiger partial charge >= 0.3 is 0 Å². The Morgan fingerprint density at radius 1 is 0.583 bits per heavy atom. The summed E-state index contributed by atoms with van der Waals surface area (Å²) >= 11 is 0. The summed E-state index contributed by atoms with van der Waals surface area (Å²) in [4.78, 5) is 0. The molecule has 0 bridgehead atoms. The van der Waals surface area contributed by atoms with Gasteiger partial charge in [-0.3, -0.25) is 0 Å². The standard InChI is InChI=1S/C12H8/c1-3-5-7-9-11-12-10-8-6-4-2/h7-10H,1-2H2. The molecule has 0 saturated carbocycles. The molecule has 0 aliphatic carbocycles. The van der Waals surface area contributed by atoms with Crippen molar-refractivity contribution in [3.05, 3.63) is 71.8 Å². The fourth-order valence-corrected chi connectivity index (χ4v) is 0.381. The molecular formula is C12H8. The van der Waals surface area contributed by atoms with E-state index < -0.39 is 0 Å². The molecule has 0 rings (SSSR count). The number of allylic oxidation sites excluding steroid dienone is 4. The average Bonchev–Trinajstić information content (AvgIpc) is 2.10. The first-order chi connectivity index (χ1) is 5.91. The molecule has 56 valence electrons. The Hall–Kier alpha value is -2.10. The van der Waals surface area contributed by atoms with Crippen LogP contribution in [-0.2, 0) is 0 Å². The highest BCUT2D eigenvalue weighted by Gasteiger charge is 1.51. The summed E-state index contributed by atoms with van der Waals surface area (Å²) in [6.07, 6.45) is 6.59. The van der Waals surface area contributed by atoms with E-state index in [0.717, 1.165) is 0 Å².